The summed E-state index contributed by atoms with van der Waals surface area (Å²) in [6.45, 7) is 0. The molecule has 0 aliphatic carbocycles. The number of hydrogen-bond acceptors (Lipinski definition) is 5. The summed E-state index contributed by atoms with van der Waals surface area (Å²) in [5.41, 5.74) is 9.02. The molecule has 4 aromatic heterocycles. The van der Waals surface area contributed by atoms with Gasteiger partial charge in [-0.2, -0.15) is 0 Å². The quantitative estimate of drug-likeness (QED) is 0.189. The molecule has 0 saturated heterocycles. The normalized spacial score (nSPS) is 11.9. The molecule has 0 saturated carbocycles. The number of benzene rings is 7. The molecule has 0 fully saturated rings. The van der Waals surface area contributed by atoms with E-state index in [0.717, 1.165) is 77.3 Å². The molecule has 0 bridgehead atoms. The number of furan rings is 2. The highest BCUT2D eigenvalue weighted by Gasteiger charge is 2.19. The maximum atomic E-state index is 6.45. The molecule has 0 N–H and O–H groups in total. The zero-order valence-electron chi connectivity index (χ0n) is 27.1. The van der Waals surface area contributed by atoms with Gasteiger partial charge in [0.15, 0.2) is 17.5 Å². The van der Waals surface area contributed by atoms with E-state index in [1.54, 1.807) is 0 Å². The van der Waals surface area contributed by atoms with Gasteiger partial charge in [-0.05, 0) is 54.6 Å². The lowest BCUT2D eigenvalue weighted by atomic mass is 10.1. The third-order valence-corrected chi connectivity index (χ3v) is 9.86. The molecule has 0 unspecified atom stereocenters. The van der Waals surface area contributed by atoms with Gasteiger partial charge >= 0.3 is 0 Å². The minimum Gasteiger partial charge on any atom is -0.456 e. The van der Waals surface area contributed by atoms with E-state index < -0.39 is 0 Å². The van der Waals surface area contributed by atoms with Crippen molar-refractivity contribution in [3.63, 3.8) is 0 Å². The van der Waals surface area contributed by atoms with Crippen LogP contribution in [0.25, 0.3) is 106 Å². The van der Waals surface area contributed by atoms with Crippen molar-refractivity contribution < 1.29 is 8.83 Å². The summed E-state index contributed by atoms with van der Waals surface area (Å²) in [5.74, 6) is 1.65. The molecule has 0 amide bonds. The van der Waals surface area contributed by atoms with Crippen LogP contribution in [0, 0.1) is 0 Å². The predicted molar refractivity (Wildman–Crippen MR) is 205 cm³/mol. The van der Waals surface area contributed by atoms with Crippen molar-refractivity contribution in [1.82, 2.24) is 19.5 Å². The SMILES string of the molecule is c1cc(-c2nc(-c3ccc4c(c3)oc3ccccc34)nc(-c3cccc4c3oc3ccccc34)n2)cc(-n2c3ccccc3c3ccccc32)c1. The van der Waals surface area contributed by atoms with Crippen molar-refractivity contribution in [2.45, 2.75) is 0 Å². The van der Waals surface area contributed by atoms with Crippen LogP contribution in [-0.2, 0) is 0 Å². The zero-order valence-corrected chi connectivity index (χ0v) is 27.1. The van der Waals surface area contributed by atoms with Gasteiger partial charge in [0.25, 0.3) is 0 Å². The first-order valence-electron chi connectivity index (χ1n) is 16.9. The lowest BCUT2D eigenvalue weighted by Gasteiger charge is -2.11. The Morgan fingerprint density at radius 2 is 0.922 bits per heavy atom. The highest BCUT2D eigenvalue weighted by molar-refractivity contribution is 6.10. The maximum absolute atomic E-state index is 6.45. The molecule has 4 heterocycles. The molecule has 51 heavy (non-hydrogen) atoms. The lowest BCUT2D eigenvalue weighted by Crippen LogP contribution is -2.01. The van der Waals surface area contributed by atoms with Crippen LogP contribution < -0.4 is 0 Å². The van der Waals surface area contributed by atoms with Crippen LogP contribution in [-0.4, -0.2) is 19.5 Å². The second kappa shape index (κ2) is 10.7. The van der Waals surface area contributed by atoms with E-state index in [2.05, 4.69) is 108 Å². The molecule has 7 aromatic carbocycles. The summed E-state index contributed by atoms with van der Waals surface area (Å²) < 4.78 is 15.0. The van der Waals surface area contributed by atoms with E-state index >= 15 is 0 Å². The van der Waals surface area contributed by atoms with E-state index in [1.165, 1.54) is 10.8 Å². The fourth-order valence-corrected chi connectivity index (χ4v) is 7.53. The van der Waals surface area contributed by atoms with Crippen molar-refractivity contribution >= 4 is 65.7 Å². The fraction of sp³-hybridized carbons (Fsp3) is 0. The Balaban J connectivity index is 1.14. The summed E-state index contributed by atoms with van der Waals surface area (Å²) in [4.78, 5) is 15.4. The minimum absolute atomic E-state index is 0.534. The van der Waals surface area contributed by atoms with E-state index in [0.29, 0.717) is 17.5 Å². The standard InChI is InChI=1S/C45H26N4O2/c1-5-19-37-30(13-1)31-14-2-6-20-38(31)49(37)29-12-9-11-27(25-29)43-46-44(28-23-24-34-32-15-3-7-21-39(32)50-41(34)26-28)48-45(47-43)36-18-10-17-35-33-16-4-8-22-40(33)51-42(35)36/h1-26H. The second-order valence-corrected chi connectivity index (χ2v) is 12.8. The number of aromatic nitrogens is 4. The molecule has 6 nitrogen and oxygen atoms in total. The average Bonchev–Trinajstić information content (AvgIpc) is 3.87. The first kappa shape index (κ1) is 27.9. The van der Waals surface area contributed by atoms with Crippen LogP contribution in [0.3, 0.4) is 0 Å². The topological polar surface area (TPSA) is 69.9 Å². The van der Waals surface area contributed by atoms with Gasteiger partial charge in [-0.15, -0.1) is 0 Å². The maximum Gasteiger partial charge on any atom is 0.167 e. The number of hydrogen-bond donors (Lipinski definition) is 0. The van der Waals surface area contributed by atoms with E-state index in [9.17, 15) is 0 Å². The first-order valence-corrected chi connectivity index (χ1v) is 16.9. The fourth-order valence-electron chi connectivity index (χ4n) is 7.53. The Labute approximate surface area is 290 Å². The van der Waals surface area contributed by atoms with Gasteiger partial charge in [-0.25, -0.2) is 15.0 Å². The molecular weight excluding hydrogens is 629 g/mol. The average molecular weight is 655 g/mol. The first-order chi connectivity index (χ1) is 25.3. The van der Waals surface area contributed by atoms with Crippen molar-refractivity contribution in [3.8, 4) is 39.9 Å². The predicted octanol–water partition coefficient (Wildman–Crippen LogP) is 11.8. The lowest BCUT2D eigenvalue weighted by molar-refractivity contribution is 0.668. The van der Waals surface area contributed by atoms with E-state index in [4.69, 9.17) is 23.8 Å². The number of rotatable bonds is 4. The van der Waals surface area contributed by atoms with Crippen LogP contribution in [0.1, 0.15) is 0 Å². The molecule has 6 heteroatoms. The van der Waals surface area contributed by atoms with Crippen molar-refractivity contribution in [2.75, 3.05) is 0 Å². The molecule has 11 rings (SSSR count). The van der Waals surface area contributed by atoms with Crippen LogP contribution in [0.4, 0.5) is 0 Å². The number of nitrogens with zero attached hydrogens (tertiary/aromatic N) is 4. The van der Waals surface area contributed by atoms with Crippen LogP contribution in [0.2, 0.25) is 0 Å². The largest absolute Gasteiger partial charge is 0.456 e. The summed E-state index contributed by atoms with van der Waals surface area (Å²) >= 11 is 0. The monoisotopic (exact) mass is 654 g/mol. The molecule has 0 aliphatic heterocycles. The third-order valence-electron chi connectivity index (χ3n) is 9.86. The minimum atomic E-state index is 0.534. The van der Waals surface area contributed by atoms with Gasteiger partial charge in [-0.3, -0.25) is 0 Å². The Bertz CT molecular complexity index is 3110. The van der Waals surface area contributed by atoms with E-state index in [1.807, 2.05) is 54.6 Å². The summed E-state index contributed by atoms with van der Waals surface area (Å²) in [7, 11) is 0. The molecule has 0 radical (unpaired) electrons. The second-order valence-electron chi connectivity index (χ2n) is 12.8. The van der Waals surface area contributed by atoms with Gasteiger partial charge in [0, 0.05) is 49.1 Å². The zero-order chi connectivity index (χ0) is 33.5. The van der Waals surface area contributed by atoms with Gasteiger partial charge in [0.1, 0.15) is 22.3 Å². The molecule has 0 spiro atoms. The van der Waals surface area contributed by atoms with Crippen molar-refractivity contribution in [2.24, 2.45) is 0 Å². The third kappa shape index (κ3) is 4.26. The highest BCUT2D eigenvalue weighted by atomic mass is 16.3. The van der Waals surface area contributed by atoms with Crippen LogP contribution in [0.15, 0.2) is 167 Å². The van der Waals surface area contributed by atoms with Gasteiger partial charge in [-0.1, -0.05) is 103 Å². The molecule has 0 atom stereocenters. The Morgan fingerprint density at radius 3 is 1.67 bits per heavy atom. The number of fused-ring (bicyclic) bond motifs is 9. The molecule has 11 aromatic rings. The van der Waals surface area contributed by atoms with Gasteiger partial charge in [0.05, 0.1) is 16.6 Å². The Hall–Kier alpha value is -7.05. The highest BCUT2D eigenvalue weighted by Crippen LogP contribution is 2.38. The van der Waals surface area contributed by atoms with Gasteiger partial charge in [0.2, 0.25) is 0 Å². The van der Waals surface area contributed by atoms with E-state index in [-0.39, 0.29) is 0 Å². The summed E-state index contributed by atoms with van der Waals surface area (Å²) in [6.07, 6.45) is 0. The Morgan fingerprint density at radius 1 is 0.373 bits per heavy atom. The van der Waals surface area contributed by atoms with Crippen molar-refractivity contribution in [3.05, 3.63) is 158 Å². The van der Waals surface area contributed by atoms with Crippen LogP contribution >= 0.6 is 0 Å². The van der Waals surface area contributed by atoms with Crippen LogP contribution in [0.5, 0.6) is 0 Å². The smallest absolute Gasteiger partial charge is 0.167 e. The molecule has 238 valence electrons. The van der Waals surface area contributed by atoms with Gasteiger partial charge < -0.3 is 13.4 Å². The molecular formula is C45H26N4O2. The summed E-state index contributed by atoms with van der Waals surface area (Å²) in [6, 6.07) is 54.0. The number of para-hydroxylation sites is 5. The molecule has 0 aliphatic rings. The Kier molecular flexibility index (Phi) is 5.86. The summed E-state index contributed by atoms with van der Waals surface area (Å²) in [5, 5.41) is 6.62. The van der Waals surface area contributed by atoms with Crippen molar-refractivity contribution in [1.29, 1.82) is 0 Å².